The standard InChI is InChI=1S/C9H13FN4/c1-12-13-9(11)14(2)8-5-3-7(10)4-6-8/h3-6,12H,1-2H3,(H2,11,13). The molecule has 4 nitrogen and oxygen atoms in total. The van der Waals surface area contributed by atoms with Crippen LogP contribution in [0.1, 0.15) is 0 Å². The lowest BCUT2D eigenvalue weighted by Gasteiger charge is -2.17. The molecule has 1 aromatic rings. The van der Waals surface area contributed by atoms with E-state index in [1.54, 1.807) is 31.1 Å². The van der Waals surface area contributed by atoms with Crippen molar-refractivity contribution < 1.29 is 4.39 Å². The maximum absolute atomic E-state index is 12.6. The van der Waals surface area contributed by atoms with Crippen LogP contribution in [0.25, 0.3) is 0 Å². The molecule has 0 saturated heterocycles. The summed E-state index contributed by atoms with van der Waals surface area (Å²) in [7, 11) is 3.41. The number of halogens is 1. The van der Waals surface area contributed by atoms with Gasteiger partial charge in [-0.05, 0) is 24.3 Å². The molecule has 5 heteroatoms. The third kappa shape index (κ3) is 2.35. The fraction of sp³-hybridized carbons (Fsp3) is 0.222. The molecule has 3 N–H and O–H groups in total. The van der Waals surface area contributed by atoms with Crippen molar-refractivity contribution in [2.75, 3.05) is 19.0 Å². The van der Waals surface area contributed by atoms with E-state index in [1.165, 1.54) is 12.1 Å². The normalized spacial score (nSPS) is 11.2. The Morgan fingerprint density at radius 2 is 2.00 bits per heavy atom. The van der Waals surface area contributed by atoms with Gasteiger partial charge >= 0.3 is 0 Å². The van der Waals surface area contributed by atoms with Gasteiger partial charge in [0.1, 0.15) is 5.82 Å². The molecule has 76 valence electrons. The number of hydrogen-bond donors (Lipinski definition) is 2. The van der Waals surface area contributed by atoms with Crippen molar-refractivity contribution in [2.24, 2.45) is 10.8 Å². The van der Waals surface area contributed by atoms with Crippen LogP contribution in [0.15, 0.2) is 29.4 Å². The Morgan fingerprint density at radius 3 is 2.50 bits per heavy atom. The average molecular weight is 196 g/mol. The Labute approximate surface area is 82.2 Å². The summed E-state index contributed by atoms with van der Waals surface area (Å²) in [4.78, 5) is 1.65. The zero-order valence-corrected chi connectivity index (χ0v) is 8.16. The van der Waals surface area contributed by atoms with Crippen LogP contribution in [0.2, 0.25) is 0 Å². The van der Waals surface area contributed by atoms with E-state index in [0.29, 0.717) is 5.96 Å². The van der Waals surface area contributed by atoms with E-state index in [1.807, 2.05) is 0 Å². The summed E-state index contributed by atoms with van der Waals surface area (Å²) < 4.78 is 12.6. The Bertz CT molecular complexity index is 320. The van der Waals surface area contributed by atoms with E-state index in [0.717, 1.165) is 5.69 Å². The second-order valence-corrected chi connectivity index (χ2v) is 2.73. The quantitative estimate of drug-likeness (QED) is 0.416. The zero-order chi connectivity index (χ0) is 10.6. The van der Waals surface area contributed by atoms with Crippen molar-refractivity contribution >= 4 is 11.6 Å². The van der Waals surface area contributed by atoms with E-state index in [4.69, 9.17) is 5.73 Å². The molecular weight excluding hydrogens is 183 g/mol. The van der Waals surface area contributed by atoms with Gasteiger partial charge in [0.15, 0.2) is 0 Å². The third-order valence-corrected chi connectivity index (χ3v) is 1.78. The second kappa shape index (κ2) is 4.45. The lowest BCUT2D eigenvalue weighted by molar-refractivity contribution is 0.628. The van der Waals surface area contributed by atoms with Gasteiger partial charge in [0, 0.05) is 19.8 Å². The van der Waals surface area contributed by atoms with Gasteiger partial charge in [-0.1, -0.05) is 0 Å². The van der Waals surface area contributed by atoms with Crippen LogP contribution in [0, 0.1) is 5.82 Å². The highest BCUT2D eigenvalue weighted by atomic mass is 19.1. The first-order valence-corrected chi connectivity index (χ1v) is 4.14. The molecule has 0 fully saturated rings. The number of hydrazone groups is 1. The molecule has 1 aromatic carbocycles. The van der Waals surface area contributed by atoms with Crippen molar-refractivity contribution in [1.82, 2.24) is 5.43 Å². The van der Waals surface area contributed by atoms with E-state index >= 15 is 0 Å². The summed E-state index contributed by atoms with van der Waals surface area (Å²) in [5.41, 5.74) is 8.97. The summed E-state index contributed by atoms with van der Waals surface area (Å²) in [5, 5.41) is 3.80. The minimum Gasteiger partial charge on any atom is -0.368 e. The molecule has 1 rings (SSSR count). The minimum atomic E-state index is -0.272. The molecule has 0 aliphatic rings. The predicted octanol–water partition coefficient (Wildman–Crippen LogP) is 0.711. The highest BCUT2D eigenvalue weighted by Gasteiger charge is 2.04. The monoisotopic (exact) mass is 196 g/mol. The van der Waals surface area contributed by atoms with Gasteiger partial charge in [-0.25, -0.2) is 4.39 Å². The first-order chi connectivity index (χ1) is 6.65. The van der Waals surface area contributed by atoms with Crippen molar-refractivity contribution in [3.8, 4) is 0 Å². The predicted molar refractivity (Wildman–Crippen MR) is 55.5 cm³/mol. The first-order valence-electron chi connectivity index (χ1n) is 4.14. The van der Waals surface area contributed by atoms with Crippen molar-refractivity contribution in [1.29, 1.82) is 0 Å². The van der Waals surface area contributed by atoms with Gasteiger partial charge in [0.05, 0.1) is 0 Å². The van der Waals surface area contributed by atoms with Crippen molar-refractivity contribution in [3.05, 3.63) is 30.1 Å². The van der Waals surface area contributed by atoms with E-state index in [9.17, 15) is 4.39 Å². The van der Waals surface area contributed by atoms with Crippen LogP contribution in [-0.4, -0.2) is 20.1 Å². The molecule has 14 heavy (non-hydrogen) atoms. The number of nitrogens with one attached hydrogen (secondary N) is 1. The van der Waals surface area contributed by atoms with Crippen LogP contribution in [-0.2, 0) is 0 Å². The summed E-state index contributed by atoms with van der Waals surface area (Å²) in [6.45, 7) is 0. The van der Waals surface area contributed by atoms with Crippen LogP contribution in [0.5, 0.6) is 0 Å². The Hall–Kier alpha value is -1.78. The summed E-state index contributed by atoms with van der Waals surface area (Å²) in [6.07, 6.45) is 0. The van der Waals surface area contributed by atoms with E-state index in [-0.39, 0.29) is 5.82 Å². The molecular formula is C9H13FN4. The Kier molecular flexibility index (Phi) is 3.28. The average Bonchev–Trinajstić information content (AvgIpc) is 2.18. The SMILES string of the molecule is CNN=C(N)N(C)c1ccc(F)cc1. The lowest BCUT2D eigenvalue weighted by Crippen LogP contribution is -2.35. The smallest absolute Gasteiger partial charge is 0.217 e. The molecule has 0 heterocycles. The molecule has 0 amide bonds. The number of hydrogen-bond acceptors (Lipinski definition) is 2. The van der Waals surface area contributed by atoms with Gasteiger partial charge in [-0.2, -0.15) is 0 Å². The fourth-order valence-corrected chi connectivity index (χ4v) is 0.987. The highest BCUT2D eigenvalue weighted by molar-refractivity contribution is 5.93. The maximum atomic E-state index is 12.6. The van der Waals surface area contributed by atoms with E-state index < -0.39 is 0 Å². The molecule has 0 aliphatic heterocycles. The lowest BCUT2D eigenvalue weighted by atomic mass is 10.3. The second-order valence-electron chi connectivity index (χ2n) is 2.73. The Morgan fingerprint density at radius 1 is 1.43 bits per heavy atom. The third-order valence-electron chi connectivity index (χ3n) is 1.78. The number of nitrogens with two attached hydrogens (primary N) is 1. The first kappa shape index (κ1) is 10.3. The van der Waals surface area contributed by atoms with Crippen molar-refractivity contribution in [2.45, 2.75) is 0 Å². The number of benzene rings is 1. The number of nitrogens with zero attached hydrogens (tertiary/aromatic N) is 2. The number of guanidine groups is 1. The summed E-state index contributed by atoms with van der Waals surface area (Å²) >= 11 is 0. The molecule has 0 unspecified atom stereocenters. The van der Waals surface area contributed by atoms with Crippen molar-refractivity contribution in [3.63, 3.8) is 0 Å². The molecule has 0 aromatic heterocycles. The molecule has 0 bridgehead atoms. The minimum absolute atomic E-state index is 0.272. The molecule has 0 atom stereocenters. The van der Waals surface area contributed by atoms with Gasteiger partial charge in [-0.3, -0.25) is 0 Å². The molecule has 0 aliphatic carbocycles. The van der Waals surface area contributed by atoms with E-state index in [2.05, 4.69) is 10.5 Å². The summed E-state index contributed by atoms with van der Waals surface area (Å²) in [5.74, 6) is 0.0467. The van der Waals surface area contributed by atoms with Gasteiger partial charge in [0.25, 0.3) is 0 Å². The Balaban J connectivity index is 2.84. The molecule has 0 spiro atoms. The van der Waals surface area contributed by atoms with Crippen LogP contribution >= 0.6 is 0 Å². The van der Waals surface area contributed by atoms with Crippen LogP contribution in [0.3, 0.4) is 0 Å². The summed E-state index contributed by atoms with van der Waals surface area (Å²) in [6, 6.07) is 6.01. The topological polar surface area (TPSA) is 53.6 Å². The largest absolute Gasteiger partial charge is 0.368 e. The zero-order valence-electron chi connectivity index (χ0n) is 8.16. The van der Waals surface area contributed by atoms with Gasteiger partial charge < -0.3 is 16.1 Å². The maximum Gasteiger partial charge on any atom is 0.217 e. The van der Waals surface area contributed by atoms with Gasteiger partial charge in [-0.15, -0.1) is 5.10 Å². The molecule has 0 saturated carbocycles. The van der Waals surface area contributed by atoms with Gasteiger partial charge in [0.2, 0.25) is 5.96 Å². The molecule has 0 radical (unpaired) electrons. The number of anilines is 1. The van der Waals surface area contributed by atoms with Crippen LogP contribution in [0.4, 0.5) is 10.1 Å². The fourth-order valence-electron chi connectivity index (χ4n) is 0.987. The number of rotatable bonds is 2. The highest BCUT2D eigenvalue weighted by Crippen LogP contribution is 2.12. The van der Waals surface area contributed by atoms with Crippen LogP contribution < -0.4 is 16.1 Å².